The van der Waals surface area contributed by atoms with E-state index in [-0.39, 0.29) is 49.8 Å². The molecule has 1 aliphatic rings. The third-order valence-corrected chi connectivity index (χ3v) is 6.07. The zero-order chi connectivity index (χ0) is 28.3. The molecule has 4 N–H and O–H groups in total. The number of carbonyl (C=O) groups excluding carboxylic acids is 4. The van der Waals surface area contributed by atoms with E-state index in [0.717, 1.165) is 17.7 Å². The van der Waals surface area contributed by atoms with Gasteiger partial charge in [-0.2, -0.15) is 13.2 Å². The van der Waals surface area contributed by atoms with Crippen molar-refractivity contribution in [1.29, 1.82) is 0 Å². The van der Waals surface area contributed by atoms with Gasteiger partial charge in [0.2, 0.25) is 23.6 Å². The summed E-state index contributed by atoms with van der Waals surface area (Å²) in [6.07, 6.45) is -2.22. The van der Waals surface area contributed by atoms with E-state index in [9.17, 15) is 32.3 Å². The number of hydrogen-bond donors (Lipinski definition) is 4. The van der Waals surface area contributed by atoms with Crippen molar-refractivity contribution in [3.63, 3.8) is 0 Å². The predicted molar refractivity (Wildman–Crippen MR) is 136 cm³/mol. The lowest BCUT2D eigenvalue weighted by Crippen LogP contribution is -2.50. The van der Waals surface area contributed by atoms with Gasteiger partial charge >= 0.3 is 6.18 Å². The van der Waals surface area contributed by atoms with E-state index in [2.05, 4.69) is 21.4 Å². The van der Waals surface area contributed by atoms with Crippen LogP contribution in [0.15, 0.2) is 54.6 Å². The molecule has 0 radical (unpaired) electrons. The first-order chi connectivity index (χ1) is 18.6. The highest BCUT2D eigenvalue weighted by molar-refractivity contribution is 5.99. The molecule has 1 aliphatic heterocycles. The molecule has 0 aromatic heterocycles. The van der Waals surface area contributed by atoms with Crippen LogP contribution in [0.4, 0.5) is 18.9 Å². The third kappa shape index (κ3) is 10.0. The van der Waals surface area contributed by atoms with Crippen LogP contribution in [0.5, 0.6) is 0 Å². The van der Waals surface area contributed by atoms with Crippen LogP contribution in [-0.2, 0) is 36.8 Å². The summed E-state index contributed by atoms with van der Waals surface area (Å²) in [4.78, 5) is 54.2. The molecule has 2 atom stereocenters. The standard InChI is InChI=1S/C27H31F3N4O5/c28-27(29,30)19-10-7-11-20(16-19)31-25(37)21(33-26(38)22-14-15-23(35)32-22)12-5-2-6-13-24(36)34-39-17-18-8-3-1-4-9-18/h1,3-4,7-11,16,21-22H,2,5-6,12-15,17H2,(H,31,37)(H,32,35)(H,33,38)(H,34,36)/t21-,22+/m0/s1. The Morgan fingerprint density at radius 3 is 2.49 bits per heavy atom. The smallest absolute Gasteiger partial charge is 0.344 e. The number of carbonyl (C=O) groups is 4. The van der Waals surface area contributed by atoms with Gasteiger partial charge in [-0.05, 0) is 43.0 Å². The molecule has 1 saturated heterocycles. The molecule has 0 bridgehead atoms. The highest BCUT2D eigenvalue weighted by atomic mass is 19.4. The second-order valence-electron chi connectivity index (χ2n) is 9.19. The Kier molecular flexibility index (Phi) is 10.9. The van der Waals surface area contributed by atoms with Crippen molar-refractivity contribution in [1.82, 2.24) is 16.1 Å². The van der Waals surface area contributed by atoms with Crippen molar-refractivity contribution in [3.8, 4) is 0 Å². The number of unbranched alkanes of at least 4 members (excludes halogenated alkanes) is 2. The molecule has 210 valence electrons. The first-order valence-electron chi connectivity index (χ1n) is 12.6. The molecule has 0 unspecified atom stereocenters. The molecule has 1 heterocycles. The quantitative estimate of drug-likeness (QED) is 0.225. The van der Waals surface area contributed by atoms with Crippen molar-refractivity contribution in [3.05, 3.63) is 65.7 Å². The predicted octanol–water partition coefficient (Wildman–Crippen LogP) is 3.61. The number of amides is 4. The number of halogens is 3. The molecule has 9 nitrogen and oxygen atoms in total. The van der Waals surface area contributed by atoms with Crippen LogP contribution in [0.2, 0.25) is 0 Å². The van der Waals surface area contributed by atoms with Crippen molar-refractivity contribution in [2.24, 2.45) is 0 Å². The van der Waals surface area contributed by atoms with Gasteiger partial charge in [0.15, 0.2) is 0 Å². The minimum Gasteiger partial charge on any atom is -0.344 e. The number of hydrogen-bond acceptors (Lipinski definition) is 5. The minimum atomic E-state index is -4.58. The van der Waals surface area contributed by atoms with Gasteiger partial charge in [0.25, 0.3) is 0 Å². The van der Waals surface area contributed by atoms with Crippen molar-refractivity contribution >= 4 is 29.3 Å². The number of hydroxylamine groups is 1. The van der Waals surface area contributed by atoms with Gasteiger partial charge in [-0.25, -0.2) is 5.48 Å². The van der Waals surface area contributed by atoms with Crippen LogP contribution in [0.1, 0.15) is 56.1 Å². The van der Waals surface area contributed by atoms with Crippen molar-refractivity contribution < 1.29 is 37.2 Å². The summed E-state index contributed by atoms with van der Waals surface area (Å²) in [6, 6.07) is 11.7. The van der Waals surface area contributed by atoms with Crippen LogP contribution in [0.3, 0.4) is 0 Å². The normalized spacial score (nSPS) is 15.8. The van der Waals surface area contributed by atoms with Gasteiger partial charge < -0.3 is 16.0 Å². The fourth-order valence-electron chi connectivity index (χ4n) is 3.99. The maximum Gasteiger partial charge on any atom is 0.416 e. The van der Waals surface area contributed by atoms with E-state index in [4.69, 9.17) is 4.84 Å². The van der Waals surface area contributed by atoms with E-state index in [1.807, 2.05) is 30.3 Å². The summed E-state index contributed by atoms with van der Waals surface area (Å²) < 4.78 is 39.1. The molecular formula is C27H31F3N4O5. The molecule has 3 rings (SSSR count). The molecule has 0 spiro atoms. The van der Waals surface area contributed by atoms with E-state index < -0.39 is 35.6 Å². The molecule has 1 fully saturated rings. The number of anilines is 1. The lowest BCUT2D eigenvalue weighted by molar-refractivity contribution is -0.137. The Morgan fingerprint density at radius 2 is 1.79 bits per heavy atom. The lowest BCUT2D eigenvalue weighted by Gasteiger charge is -2.21. The Balaban J connectivity index is 1.48. The van der Waals surface area contributed by atoms with Gasteiger partial charge in [0.1, 0.15) is 12.1 Å². The largest absolute Gasteiger partial charge is 0.416 e. The summed E-state index contributed by atoms with van der Waals surface area (Å²) >= 11 is 0. The summed E-state index contributed by atoms with van der Waals surface area (Å²) in [7, 11) is 0. The zero-order valence-electron chi connectivity index (χ0n) is 21.2. The second kappa shape index (κ2) is 14.3. The molecule has 39 heavy (non-hydrogen) atoms. The van der Waals surface area contributed by atoms with Crippen molar-refractivity contribution in [2.75, 3.05) is 5.32 Å². The molecule has 2 aromatic rings. The second-order valence-corrected chi connectivity index (χ2v) is 9.19. The van der Waals surface area contributed by atoms with Crippen molar-refractivity contribution in [2.45, 2.75) is 69.8 Å². The number of nitrogens with one attached hydrogen (secondary N) is 4. The molecule has 0 aliphatic carbocycles. The van der Waals surface area contributed by atoms with E-state index in [1.165, 1.54) is 12.1 Å². The number of alkyl halides is 3. The average Bonchev–Trinajstić information content (AvgIpc) is 3.34. The Hall–Kier alpha value is -3.93. The monoisotopic (exact) mass is 548 g/mol. The lowest BCUT2D eigenvalue weighted by atomic mass is 10.0. The van der Waals surface area contributed by atoms with E-state index in [0.29, 0.717) is 19.3 Å². The zero-order valence-corrected chi connectivity index (χ0v) is 21.2. The van der Waals surface area contributed by atoms with E-state index in [1.54, 1.807) is 0 Å². The van der Waals surface area contributed by atoms with Gasteiger partial charge in [-0.3, -0.25) is 24.0 Å². The average molecular weight is 549 g/mol. The highest BCUT2D eigenvalue weighted by Gasteiger charge is 2.32. The summed E-state index contributed by atoms with van der Waals surface area (Å²) in [6.45, 7) is 0.233. The maximum absolute atomic E-state index is 13.0. The molecule has 0 saturated carbocycles. The maximum atomic E-state index is 13.0. The minimum absolute atomic E-state index is 0.0598. The Labute approximate surface area is 223 Å². The molecule has 4 amide bonds. The van der Waals surface area contributed by atoms with Gasteiger partial charge in [0.05, 0.1) is 12.2 Å². The Morgan fingerprint density at radius 1 is 1.03 bits per heavy atom. The van der Waals surface area contributed by atoms with Crippen LogP contribution in [-0.4, -0.2) is 35.7 Å². The van der Waals surface area contributed by atoms with Gasteiger partial charge in [-0.1, -0.05) is 49.2 Å². The van der Waals surface area contributed by atoms with Gasteiger partial charge in [0, 0.05) is 18.5 Å². The molecule has 2 aromatic carbocycles. The highest BCUT2D eigenvalue weighted by Crippen LogP contribution is 2.30. The summed E-state index contributed by atoms with van der Waals surface area (Å²) in [5.74, 6) is -1.79. The van der Waals surface area contributed by atoms with Crippen LogP contribution in [0, 0.1) is 0 Å². The summed E-state index contributed by atoms with van der Waals surface area (Å²) in [5, 5.41) is 7.56. The van der Waals surface area contributed by atoms with Gasteiger partial charge in [-0.15, -0.1) is 0 Å². The SMILES string of the molecule is O=C(CCCCC[C@H](NC(=O)[C@H]1CCC(=O)N1)C(=O)Nc1cccc(C(F)(F)F)c1)NOCc1ccccc1. The molecule has 12 heteroatoms. The molecular weight excluding hydrogens is 517 g/mol. The first-order valence-corrected chi connectivity index (χ1v) is 12.6. The van der Waals surface area contributed by atoms with Crippen LogP contribution in [0.25, 0.3) is 0 Å². The number of rotatable bonds is 13. The third-order valence-electron chi connectivity index (χ3n) is 6.07. The van der Waals surface area contributed by atoms with E-state index >= 15 is 0 Å². The first kappa shape index (κ1) is 29.6. The number of benzene rings is 2. The Bertz CT molecular complexity index is 1140. The fraction of sp³-hybridized carbons (Fsp3) is 0.407. The van der Waals surface area contributed by atoms with Crippen LogP contribution >= 0.6 is 0 Å². The fourth-order valence-corrected chi connectivity index (χ4v) is 3.99. The van der Waals surface area contributed by atoms with Crippen LogP contribution < -0.4 is 21.4 Å². The topological polar surface area (TPSA) is 126 Å². The summed E-state index contributed by atoms with van der Waals surface area (Å²) in [5.41, 5.74) is 2.31.